The van der Waals surface area contributed by atoms with Crippen molar-refractivity contribution in [2.75, 3.05) is 84.5 Å². The Kier molecular flexibility index (Phi) is 17.4. The van der Waals surface area contributed by atoms with Crippen LogP contribution in [0.25, 0.3) is 5.69 Å². The van der Waals surface area contributed by atoms with E-state index < -0.39 is 13.0 Å². The fraction of sp³-hybridized carbons (Fsp3) is 0.553. The average Bonchev–Trinajstić information content (AvgIpc) is 3.45. The molecule has 4 rings (SSSR count). The van der Waals surface area contributed by atoms with Gasteiger partial charge in [0.05, 0.1) is 81.1 Å². The molecule has 6 N–H and O–H groups in total. The number of aryl methyl sites for hydroxylation is 1. The smallest absolute Gasteiger partial charge is 0.423 e. The number of amides is 1. The Morgan fingerprint density at radius 1 is 0.849 bits per heavy atom. The standard InChI is InChI=1S/C38H56BN5O9/c1-28-36-34(25-38(2,3)26-35(36)45)44(43-28)31-10-11-32(37(40)46)33(24-31)42-13-5-15-50-17-19-52-21-23-53-22-20-51-18-16-49-14-4-12-41-27-29-6-8-30(9-7-29)39(47)48/h6-11,24,41-42,47-48H,4-5,12-23,25-27H2,1-3H3,(H2,40,46). The molecule has 53 heavy (non-hydrogen) atoms. The van der Waals surface area contributed by atoms with Crippen LogP contribution >= 0.6 is 0 Å². The van der Waals surface area contributed by atoms with Crippen molar-refractivity contribution in [3.05, 3.63) is 70.5 Å². The van der Waals surface area contributed by atoms with Crippen LogP contribution in [0.4, 0.5) is 5.69 Å². The monoisotopic (exact) mass is 737 g/mol. The number of hydrogen-bond donors (Lipinski definition) is 5. The minimum atomic E-state index is -1.44. The van der Waals surface area contributed by atoms with Crippen LogP contribution in [0.3, 0.4) is 0 Å². The van der Waals surface area contributed by atoms with Crippen LogP contribution in [0, 0.1) is 12.3 Å². The summed E-state index contributed by atoms with van der Waals surface area (Å²) in [6.45, 7) is 13.2. The van der Waals surface area contributed by atoms with Crippen molar-refractivity contribution in [1.82, 2.24) is 15.1 Å². The fourth-order valence-corrected chi connectivity index (χ4v) is 6.10. The molecule has 2 aromatic carbocycles. The van der Waals surface area contributed by atoms with Crippen molar-refractivity contribution >= 4 is 30.0 Å². The Balaban J connectivity index is 0.966. The lowest BCUT2D eigenvalue weighted by molar-refractivity contribution is -0.0111. The van der Waals surface area contributed by atoms with Crippen LogP contribution in [-0.4, -0.2) is 118 Å². The fourth-order valence-electron chi connectivity index (χ4n) is 6.10. The summed E-state index contributed by atoms with van der Waals surface area (Å²) in [5.41, 5.74) is 11.2. The molecule has 1 heterocycles. The summed E-state index contributed by atoms with van der Waals surface area (Å²) in [5.74, 6) is -0.406. The molecule has 1 aliphatic rings. The van der Waals surface area contributed by atoms with Crippen LogP contribution in [-0.2, 0) is 36.6 Å². The molecule has 290 valence electrons. The second-order valence-electron chi connectivity index (χ2n) is 13.8. The van der Waals surface area contributed by atoms with Crippen LogP contribution in [0.15, 0.2) is 42.5 Å². The van der Waals surface area contributed by atoms with Crippen molar-refractivity contribution in [1.29, 1.82) is 0 Å². The van der Waals surface area contributed by atoms with E-state index in [1.165, 1.54) is 0 Å². The topological polar surface area (TPSA) is 189 Å². The number of rotatable bonds is 26. The Morgan fingerprint density at radius 2 is 1.42 bits per heavy atom. The highest BCUT2D eigenvalue weighted by Gasteiger charge is 2.35. The second-order valence-corrected chi connectivity index (χ2v) is 13.8. The van der Waals surface area contributed by atoms with Gasteiger partial charge in [-0.05, 0) is 67.4 Å². The van der Waals surface area contributed by atoms with Gasteiger partial charge < -0.3 is 50.1 Å². The summed E-state index contributed by atoms with van der Waals surface area (Å²) in [7, 11) is -1.44. The minimum Gasteiger partial charge on any atom is -0.423 e. The zero-order valence-corrected chi connectivity index (χ0v) is 31.4. The van der Waals surface area contributed by atoms with Gasteiger partial charge in [0, 0.05) is 38.4 Å². The van der Waals surface area contributed by atoms with E-state index in [0.717, 1.165) is 36.3 Å². The van der Waals surface area contributed by atoms with E-state index in [9.17, 15) is 9.59 Å². The van der Waals surface area contributed by atoms with Crippen molar-refractivity contribution in [3.63, 3.8) is 0 Å². The molecular weight excluding hydrogens is 681 g/mol. The number of anilines is 1. The number of aromatic nitrogens is 2. The number of carbonyl (C=O) groups excluding carboxylic acids is 2. The molecule has 1 aliphatic carbocycles. The number of hydrogen-bond acceptors (Lipinski definition) is 12. The van der Waals surface area contributed by atoms with E-state index >= 15 is 0 Å². The largest absolute Gasteiger partial charge is 0.488 e. The molecule has 15 heteroatoms. The Bertz CT molecular complexity index is 1580. The number of ether oxygens (including phenoxy) is 5. The number of fused-ring (bicyclic) bond motifs is 1. The van der Waals surface area contributed by atoms with Crippen LogP contribution in [0.2, 0.25) is 0 Å². The molecule has 0 saturated heterocycles. The SMILES string of the molecule is Cc1nn(-c2ccc(C(N)=O)c(NCCCOCCOCCOCCOCCOCCCNCc3ccc(B(O)O)cc3)c2)c2c1C(=O)CC(C)(C)C2. The molecule has 0 fully saturated rings. The summed E-state index contributed by atoms with van der Waals surface area (Å²) in [5, 5.41) is 29.6. The molecule has 0 saturated carbocycles. The lowest BCUT2D eigenvalue weighted by Crippen LogP contribution is -2.29. The van der Waals surface area contributed by atoms with Gasteiger partial charge in [-0.3, -0.25) is 9.59 Å². The predicted octanol–water partition coefficient (Wildman–Crippen LogP) is 2.18. The van der Waals surface area contributed by atoms with Crippen molar-refractivity contribution in [2.24, 2.45) is 11.1 Å². The highest BCUT2D eigenvalue weighted by atomic mass is 16.6. The molecule has 0 aliphatic heterocycles. The number of primary amides is 1. The Hall–Kier alpha value is -3.67. The molecule has 0 radical (unpaired) electrons. The number of nitrogens with two attached hydrogens (primary N) is 1. The van der Waals surface area contributed by atoms with Gasteiger partial charge in [-0.1, -0.05) is 38.1 Å². The number of nitrogens with zero attached hydrogens (tertiary/aromatic N) is 2. The van der Waals surface area contributed by atoms with Gasteiger partial charge in [-0.15, -0.1) is 0 Å². The number of ketones is 1. The van der Waals surface area contributed by atoms with Gasteiger partial charge in [0.25, 0.3) is 5.91 Å². The van der Waals surface area contributed by atoms with Gasteiger partial charge in [0.1, 0.15) is 0 Å². The molecule has 0 spiro atoms. The van der Waals surface area contributed by atoms with E-state index in [2.05, 4.69) is 29.6 Å². The van der Waals surface area contributed by atoms with Gasteiger partial charge in [0.15, 0.2) is 5.78 Å². The first-order valence-electron chi connectivity index (χ1n) is 18.4. The first-order chi connectivity index (χ1) is 25.6. The van der Waals surface area contributed by atoms with Crippen LogP contribution < -0.4 is 21.8 Å². The van der Waals surface area contributed by atoms with Crippen molar-refractivity contribution < 1.29 is 43.3 Å². The van der Waals surface area contributed by atoms with Crippen LogP contribution in [0.5, 0.6) is 0 Å². The molecular formula is C38H56BN5O9. The van der Waals surface area contributed by atoms with Gasteiger partial charge in [-0.25, -0.2) is 4.68 Å². The molecule has 0 unspecified atom stereocenters. The number of Topliss-reactive ketones (excluding diaryl/α,β-unsaturated/α-hetero) is 1. The molecule has 0 atom stereocenters. The lowest BCUT2D eigenvalue weighted by atomic mass is 9.75. The maximum absolute atomic E-state index is 12.9. The Labute approximate surface area is 312 Å². The van der Waals surface area contributed by atoms with Crippen molar-refractivity contribution in [2.45, 2.75) is 53.0 Å². The maximum atomic E-state index is 12.9. The zero-order valence-electron chi connectivity index (χ0n) is 31.4. The van der Waals surface area contributed by atoms with Crippen molar-refractivity contribution in [3.8, 4) is 5.69 Å². The Morgan fingerprint density at radius 3 is 1.98 bits per heavy atom. The maximum Gasteiger partial charge on any atom is 0.488 e. The van der Waals surface area contributed by atoms with Gasteiger partial charge in [0.2, 0.25) is 0 Å². The third-order valence-corrected chi connectivity index (χ3v) is 8.75. The van der Waals surface area contributed by atoms with Crippen LogP contribution in [0.1, 0.15) is 70.8 Å². The van der Waals surface area contributed by atoms with E-state index in [1.54, 1.807) is 18.2 Å². The number of carbonyl (C=O) groups is 2. The average molecular weight is 738 g/mol. The highest BCUT2D eigenvalue weighted by molar-refractivity contribution is 6.58. The molecule has 0 bridgehead atoms. The van der Waals surface area contributed by atoms with Gasteiger partial charge in [-0.2, -0.15) is 5.10 Å². The third kappa shape index (κ3) is 13.9. The van der Waals surface area contributed by atoms with E-state index in [1.807, 2.05) is 35.9 Å². The van der Waals surface area contributed by atoms with E-state index in [4.69, 9.17) is 39.5 Å². The van der Waals surface area contributed by atoms with Gasteiger partial charge >= 0.3 is 7.12 Å². The quantitative estimate of drug-likeness (QED) is 0.0598. The number of nitrogens with one attached hydrogen (secondary N) is 2. The normalized spacial score (nSPS) is 13.6. The first kappa shape index (κ1) is 42.1. The summed E-state index contributed by atoms with van der Waals surface area (Å²) in [6.07, 6.45) is 2.82. The third-order valence-electron chi connectivity index (χ3n) is 8.75. The second kappa shape index (κ2) is 21.9. The predicted molar refractivity (Wildman–Crippen MR) is 203 cm³/mol. The molecule has 14 nitrogen and oxygen atoms in total. The zero-order chi connectivity index (χ0) is 38.1. The minimum absolute atomic E-state index is 0.118. The molecule has 3 aromatic rings. The first-order valence-corrected chi connectivity index (χ1v) is 18.4. The lowest BCUT2D eigenvalue weighted by Gasteiger charge is -2.29. The molecule has 1 amide bonds. The highest BCUT2D eigenvalue weighted by Crippen LogP contribution is 2.37. The summed E-state index contributed by atoms with van der Waals surface area (Å²) in [4.78, 5) is 25.0. The van der Waals surface area contributed by atoms with E-state index in [0.29, 0.717) is 120 Å². The summed E-state index contributed by atoms with van der Waals surface area (Å²) < 4.78 is 29.8. The summed E-state index contributed by atoms with van der Waals surface area (Å²) >= 11 is 0. The molecule has 1 aromatic heterocycles. The summed E-state index contributed by atoms with van der Waals surface area (Å²) in [6, 6.07) is 12.5. The van der Waals surface area contributed by atoms with E-state index in [-0.39, 0.29) is 11.2 Å². The number of benzene rings is 2.